The molecule has 0 saturated heterocycles. The molecule has 2 N–H and O–H groups in total. The normalized spacial score (nSPS) is 11.3. The monoisotopic (exact) mass is 619 g/mol. The highest BCUT2D eigenvalue weighted by Crippen LogP contribution is 2.34. The smallest absolute Gasteiger partial charge is 0.256 e. The van der Waals surface area contributed by atoms with Crippen LogP contribution in [-0.2, 0) is 0 Å². The first-order valence-corrected chi connectivity index (χ1v) is 13.0. The lowest BCUT2D eigenvalue weighted by molar-refractivity contribution is 0.0920. The van der Waals surface area contributed by atoms with Crippen LogP contribution < -0.4 is 10.6 Å². The van der Waals surface area contributed by atoms with Crippen molar-refractivity contribution in [3.63, 3.8) is 0 Å². The molecular weight excluding hydrogens is 601 g/mol. The van der Waals surface area contributed by atoms with Gasteiger partial charge in [0, 0.05) is 27.9 Å². The Morgan fingerprint density at radius 3 is 2.35 bits per heavy atom. The molecule has 2 aromatic heterocycles. The van der Waals surface area contributed by atoms with E-state index in [1.807, 2.05) is 20.8 Å². The number of carbonyl (C=O) groups is 2. The van der Waals surface area contributed by atoms with Crippen LogP contribution in [0.2, 0.25) is 15.1 Å². The van der Waals surface area contributed by atoms with Crippen molar-refractivity contribution in [3.8, 4) is 17.1 Å². The summed E-state index contributed by atoms with van der Waals surface area (Å²) in [5.41, 5.74) is 1.23. The van der Waals surface area contributed by atoms with Crippen molar-refractivity contribution in [1.82, 2.24) is 20.1 Å². The summed E-state index contributed by atoms with van der Waals surface area (Å²) in [4.78, 5) is 31.0. The number of hydrogen-bond donors (Lipinski definition) is 2. The predicted molar refractivity (Wildman–Crippen MR) is 151 cm³/mol. The molecule has 7 nitrogen and oxygen atoms in total. The number of halogens is 4. The Morgan fingerprint density at radius 2 is 1.65 bits per heavy atom. The van der Waals surface area contributed by atoms with Gasteiger partial charge in [-0.1, -0.05) is 53.0 Å². The van der Waals surface area contributed by atoms with Crippen molar-refractivity contribution in [3.05, 3.63) is 91.6 Å². The lowest BCUT2D eigenvalue weighted by Crippen LogP contribution is -2.41. The summed E-state index contributed by atoms with van der Waals surface area (Å²) < 4.78 is 2.08. The van der Waals surface area contributed by atoms with Crippen LogP contribution in [0.5, 0.6) is 0 Å². The molecule has 0 spiro atoms. The largest absolute Gasteiger partial charge is 0.347 e. The van der Waals surface area contributed by atoms with E-state index in [2.05, 4.69) is 36.6 Å². The van der Waals surface area contributed by atoms with Gasteiger partial charge in [-0.05, 0) is 73.1 Å². The zero-order valence-corrected chi connectivity index (χ0v) is 23.8. The van der Waals surface area contributed by atoms with E-state index < -0.39 is 17.4 Å². The van der Waals surface area contributed by atoms with Crippen LogP contribution in [0.15, 0.2) is 65.4 Å². The maximum Gasteiger partial charge on any atom is 0.256 e. The number of amides is 2. The highest BCUT2D eigenvalue weighted by molar-refractivity contribution is 9.10. The molecule has 0 fully saturated rings. The Labute approximate surface area is 237 Å². The lowest BCUT2D eigenvalue weighted by Gasteiger charge is -2.22. The van der Waals surface area contributed by atoms with Gasteiger partial charge in [0.1, 0.15) is 4.60 Å². The predicted octanol–water partition coefficient (Wildman–Crippen LogP) is 7.44. The minimum Gasteiger partial charge on any atom is -0.347 e. The van der Waals surface area contributed by atoms with Gasteiger partial charge in [-0.25, -0.2) is 9.67 Å². The first-order chi connectivity index (χ1) is 17.4. The standard InChI is InChI=1S/C26H21BrCl3N5O2/c1-26(2,3)33-25(37)17-11-14(28)12-19(30)22(17)32-24(36)16-8-5-4-7-15(16)20-13-21(27)34-35(20)23-18(29)9-6-10-31-23/h4-13H,1-3H3,(H,32,36)(H,33,37). The van der Waals surface area contributed by atoms with Gasteiger partial charge in [-0.2, -0.15) is 5.10 Å². The molecule has 0 saturated carbocycles. The molecule has 11 heteroatoms. The molecule has 0 aliphatic carbocycles. The molecule has 0 radical (unpaired) electrons. The fraction of sp³-hybridized carbons (Fsp3) is 0.154. The van der Waals surface area contributed by atoms with E-state index in [-0.39, 0.29) is 21.3 Å². The van der Waals surface area contributed by atoms with Crippen molar-refractivity contribution in [1.29, 1.82) is 0 Å². The Balaban J connectivity index is 1.78. The zero-order chi connectivity index (χ0) is 26.9. The molecule has 190 valence electrons. The SMILES string of the molecule is CC(C)(C)NC(=O)c1cc(Cl)cc(Cl)c1NC(=O)c1ccccc1-c1cc(Br)nn1-c1ncccc1Cl. The maximum atomic E-state index is 13.6. The maximum absolute atomic E-state index is 13.6. The van der Waals surface area contributed by atoms with E-state index in [1.165, 1.54) is 12.1 Å². The topological polar surface area (TPSA) is 88.9 Å². The van der Waals surface area contributed by atoms with Gasteiger partial charge < -0.3 is 10.6 Å². The fourth-order valence-corrected chi connectivity index (χ4v) is 4.73. The number of benzene rings is 2. The van der Waals surface area contributed by atoms with Gasteiger partial charge >= 0.3 is 0 Å². The Kier molecular flexibility index (Phi) is 7.94. The zero-order valence-electron chi connectivity index (χ0n) is 19.9. The molecule has 2 aromatic carbocycles. The molecule has 4 aromatic rings. The van der Waals surface area contributed by atoms with Crippen LogP contribution in [0.25, 0.3) is 17.1 Å². The second kappa shape index (κ2) is 10.8. The molecule has 0 atom stereocenters. The van der Waals surface area contributed by atoms with E-state index in [4.69, 9.17) is 34.8 Å². The Morgan fingerprint density at radius 1 is 0.919 bits per heavy atom. The van der Waals surface area contributed by atoms with Gasteiger partial charge in [-0.15, -0.1) is 0 Å². The summed E-state index contributed by atoms with van der Waals surface area (Å²) >= 11 is 22.4. The second-order valence-corrected chi connectivity index (χ2v) is 11.2. The number of pyridine rings is 1. The number of carbonyl (C=O) groups excluding carboxylic acids is 2. The molecule has 0 aliphatic rings. The van der Waals surface area contributed by atoms with Crippen LogP contribution in [0.1, 0.15) is 41.5 Å². The molecular formula is C26H21BrCl3N5O2. The van der Waals surface area contributed by atoms with Gasteiger partial charge in [0.15, 0.2) is 5.82 Å². The molecule has 0 aliphatic heterocycles. The number of nitrogens with one attached hydrogen (secondary N) is 2. The average molecular weight is 622 g/mol. The third-order valence-corrected chi connectivity index (χ3v) is 6.29. The van der Waals surface area contributed by atoms with Crippen LogP contribution in [-0.4, -0.2) is 32.1 Å². The molecule has 0 bridgehead atoms. The summed E-state index contributed by atoms with van der Waals surface area (Å²) in [5.74, 6) is -0.505. The van der Waals surface area contributed by atoms with E-state index in [0.717, 1.165) is 0 Å². The number of anilines is 1. The van der Waals surface area contributed by atoms with Crippen LogP contribution in [0, 0.1) is 0 Å². The average Bonchev–Trinajstić information content (AvgIpc) is 3.20. The second-order valence-electron chi connectivity index (χ2n) is 9.09. The van der Waals surface area contributed by atoms with E-state index in [1.54, 1.807) is 53.3 Å². The summed E-state index contributed by atoms with van der Waals surface area (Å²) in [6.07, 6.45) is 1.60. The fourth-order valence-electron chi connectivity index (χ4n) is 3.61. The quantitative estimate of drug-likeness (QED) is 0.243. The van der Waals surface area contributed by atoms with Crippen molar-refractivity contribution < 1.29 is 9.59 Å². The van der Waals surface area contributed by atoms with Gasteiger partial charge in [0.05, 0.1) is 27.0 Å². The highest BCUT2D eigenvalue weighted by atomic mass is 79.9. The molecule has 37 heavy (non-hydrogen) atoms. The molecule has 2 amide bonds. The summed E-state index contributed by atoms with van der Waals surface area (Å²) in [6.45, 7) is 5.54. The van der Waals surface area contributed by atoms with Gasteiger partial charge in [0.2, 0.25) is 0 Å². The first kappa shape index (κ1) is 27.1. The van der Waals surface area contributed by atoms with Gasteiger partial charge in [-0.3, -0.25) is 9.59 Å². The number of hydrogen-bond acceptors (Lipinski definition) is 4. The van der Waals surface area contributed by atoms with Gasteiger partial charge in [0.25, 0.3) is 11.8 Å². The Hall–Kier alpha value is -2.91. The number of rotatable bonds is 5. The van der Waals surface area contributed by atoms with Crippen LogP contribution in [0.3, 0.4) is 0 Å². The van der Waals surface area contributed by atoms with Crippen molar-refractivity contribution in [2.24, 2.45) is 0 Å². The summed E-state index contributed by atoms with van der Waals surface area (Å²) in [7, 11) is 0. The van der Waals surface area contributed by atoms with E-state index >= 15 is 0 Å². The minimum atomic E-state index is -0.516. The van der Waals surface area contributed by atoms with Crippen molar-refractivity contribution in [2.45, 2.75) is 26.3 Å². The van der Waals surface area contributed by atoms with Crippen LogP contribution >= 0.6 is 50.7 Å². The minimum absolute atomic E-state index is 0.130. The van der Waals surface area contributed by atoms with Crippen LogP contribution in [0.4, 0.5) is 5.69 Å². The first-order valence-electron chi connectivity index (χ1n) is 11.0. The van der Waals surface area contributed by atoms with E-state index in [9.17, 15) is 9.59 Å². The number of nitrogens with zero attached hydrogens (tertiary/aromatic N) is 3. The number of aromatic nitrogens is 3. The van der Waals surface area contributed by atoms with Crippen molar-refractivity contribution in [2.75, 3.05) is 5.32 Å². The Bertz CT molecular complexity index is 1510. The lowest BCUT2D eigenvalue weighted by atomic mass is 10.0. The van der Waals surface area contributed by atoms with E-state index in [0.29, 0.717) is 32.3 Å². The summed E-state index contributed by atoms with van der Waals surface area (Å²) in [6, 6.07) is 15.1. The highest BCUT2D eigenvalue weighted by Gasteiger charge is 2.24. The molecule has 4 rings (SSSR count). The summed E-state index contributed by atoms with van der Waals surface area (Å²) in [5, 5.41) is 10.9. The third kappa shape index (κ3) is 6.15. The molecule has 0 unspecified atom stereocenters. The molecule has 2 heterocycles. The van der Waals surface area contributed by atoms with Crippen molar-refractivity contribution >= 4 is 68.2 Å². The third-order valence-electron chi connectivity index (χ3n) is 5.09.